The second kappa shape index (κ2) is 12.3. The number of amides is 3. The van der Waals surface area contributed by atoms with Crippen molar-refractivity contribution in [1.82, 2.24) is 9.80 Å². The van der Waals surface area contributed by atoms with Crippen LogP contribution in [-0.2, 0) is 19.1 Å². The molecule has 218 valence electrons. The zero-order chi connectivity index (χ0) is 29.4. The molecule has 1 aromatic rings. The first-order valence-electron chi connectivity index (χ1n) is 13.9. The van der Waals surface area contributed by atoms with Crippen LogP contribution in [-0.4, -0.2) is 87.5 Å². The molecule has 3 heterocycles. The standard InChI is InChI=1S/C30H39BrClN3O5/c1-6-13-33(14-7-2)27(37)23-24-28(38)35(22(17-36)18(4)5)26(30(24)16-21(31)25(23)40-30)29(39)34(15-8-3)20-11-9-19(32)10-12-20/h6,8-12,18,21-26,36H,1,3,7,13-17H2,2,4-5H3/t21?,22-,23-,24-,25-,26?,30?/m0/s1. The zero-order valence-electron chi connectivity index (χ0n) is 23.3. The quantitative estimate of drug-likeness (QED) is 0.276. The summed E-state index contributed by atoms with van der Waals surface area (Å²) in [5, 5.41) is 11.0. The Kier molecular flexibility index (Phi) is 9.49. The Bertz CT molecular complexity index is 1150. The van der Waals surface area contributed by atoms with Crippen molar-refractivity contribution in [2.75, 3.05) is 31.1 Å². The van der Waals surface area contributed by atoms with Gasteiger partial charge in [0, 0.05) is 35.2 Å². The van der Waals surface area contributed by atoms with Gasteiger partial charge < -0.3 is 24.5 Å². The van der Waals surface area contributed by atoms with Gasteiger partial charge in [0.15, 0.2) is 0 Å². The number of halogens is 2. The molecule has 3 amide bonds. The lowest BCUT2D eigenvalue weighted by molar-refractivity contribution is -0.148. The lowest BCUT2D eigenvalue weighted by atomic mass is 9.70. The Morgan fingerprint density at radius 1 is 1.23 bits per heavy atom. The maximum Gasteiger partial charge on any atom is 0.253 e. The van der Waals surface area contributed by atoms with Crippen LogP contribution in [0.25, 0.3) is 0 Å². The summed E-state index contributed by atoms with van der Waals surface area (Å²) >= 11 is 9.85. The second-order valence-electron chi connectivity index (χ2n) is 11.2. The van der Waals surface area contributed by atoms with E-state index in [0.29, 0.717) is 30.2 Å². The van der Waals surface area contributed by atoms with E-state index in [1.54, 1.807) is 46.2 Å². The molecule has 0 aromatic heterocycles. The van der Waals surface area contributed by atoms with E-state index in [4.69, 9.17) is 16.3 Å². The van der Waals surface area contributed by atoms with Crippen molar-refractivity contribution in [3.05, 3.63) is 54.6 Å². The third-order valence-electron chi connectivity index (χ3n) is 8.43. The van der Waals surface area contributed by atoms with Crippen LogP contribution in [0.2, 0.25) is 5.02 Å². The van der Waals surface area contributed by atoms with Crippen LogP contribution in [0.15, 0.2) is 49.6 Å². The van der Waals surface area contributed by atoms with Crippen molar-refractivity contribution in [3.63, 3.8) is 0 Å². The zero-order valence-corrected chi connectivity index (χ0v) is 25.7. The van der Waals surface area contributed by atoms with Crippen LogP contribution in [0.3, 0.4) is 0 Å². The number of rotatable bonds is 12. The first-order valence-corrected chi connectivity index (χ1v) is 15.2. The van der Waals surface area contributed by atoms with Gasteiger partial charge in [0.1, 0.15) is 11.6 Å². The van der Waals surface area contributed by atoms with Crippen molar-refractivity contribution < 1.29 is 24.2 Å². The number of hydrogen-bond donors (Lipinski definition) is 1. The molecule has 2 bridgehead atoms. The van der Waals surface area contributed by atoms with Gasteiger partial charge in [-0.05, 0) is 43.0 Å². The normalized spacial score (nSPS) is 29.4. The molecule has 0 radical (unpaired) electrons. The molecule has 3 unspecified atom stereocenters. The summed E-state index contributed by atoms with van der Waals surface area (Å²) in [6.45, 7) is 14.2. The summed E-state index contributed by atoms with van der Waals surface area (Å²) in [6.07, 6.45) is 3.89. The molecule has 1 aromatic carbocycles. The minimum absolute atomic E-state index is 0.147. The van der Waals surface area contributed by atoms with Crippen molar-refractivity contribution in [1.29, 1.82) is 0 Å². The molecule has 8 nitrogen and oxygen atoms in total. The Morgan fingerprint density at radius 3 is 2.42 bits per heavy atom. The van der Waals surface area contributed by atoms with Crippen molar-refractivity contribution in [2.45, 2.75) is 62.2 Å². The summed E-state index contributed by atoms with van der Waals surface area (Å²) in [6, 6.07) is 5.22. The Labute approximate surface area is 250 Å². The van der Waals surface area contributed by atoms with E-state index in [0.717, 1.165) is 6.42 Å². The minimum Gasteiger partial charge on any atom is -0.394 e. The number of aliphatic hydroxyl groups is 1. The fraction of sp³-hybridized carbons (Fsp3) is 0.567. The van der Waals surface area contributed by atoms with E-state index in [9.17, 15) is 19.5 Å². The molecule has 0 aliphatic carbocycles. The summed E-state index contributed by atoms with van der Waals surface area (Å²) in [4.78, 5) is 47.7. The molecular formula is C30H39BrClN3O5. The van der Waals surface area contributed by atoms with Gasteiger partial charge in [-0.15, -0.1) is 13.2 Å². The largest absolute Gasteiger partial charge is 0.394 e. The lowest BCUT2D eigenvalue weighted by Crippen LogP contribution is -2.60. The third-order valence-corrected chi connectivity index (χ3v) is 9.53. The van der Waals surface area contributed by atoms with Crippen LogP contribution in [0.4, 0.5) is 5.69 Å². The number of carbonyl (C=O) groups excluding carboxylic acids is 3. The summed E-state index contributed by atoms with van der Waals surface area (Å²) in [7, 11) is 0. The van der Waals surface area contributed by atoms with Crippen LogP contribution in [0.5, 0.6) is 0 Å². The lowest BCUT2D eigenvalue weighted by Gasteiger charge is -2.40. The Hall–Kier alpha value is -2.20. The van der Waals surface area contributed by atoms with Gasteiger partial charge in [-0.25, -0.2) is 0 Å². The van der Waals surface area contributed by atoms with Gasteiger partial charge in [0.25, 0.3) is 5.91 Å². The number of hydrogen-bond acceptors (Lipinski definition) is 5. The van der Waals surface area contributed by atoms with Crippen molar-refractivity contribution >= 4 is 50.9 Å². The van der Waals surface area contributed by atoms with E-state index in [1.807, 2.05) is 20.8 Å². The molecule has 3 aliphatic rings. The second-order valence-corrected chi connectivity index (χ2v) is 12.8. The van der Waals surface area contributed by atoms with Crippen molar-refractivity contribution in [2.24, 2.45) is 17.8 Å². The minimum atomic E-state index is -1.23. The van der Waals surface area contributed by atoms with E-state index in [-0.39, 0.29) is 41.6 Å². The molecule has 0 saturated carbocycles. The number of alkyl halides is 1. The molecule has 10 heteroatoms. The Balaban J connectivity index is 1.85. The molecule has 3 fully saturated rings. The van der Waals surface area contributed by atoms with E-state index in [2.05, 4.69) is 29.1 Å². The van der Waals surface area contributed by atoms with E-state index < -0.39 is 35.6 Å². The number of ether oxygens (including phenoxy) is 1. The fourth-order valence-corrected chi connectivity index (χ4v) is 7.82. The number of fused-ring (bicyclic) bond motifs is 1. The maximum absolute atomic E-state index is 14.6. The molecule has 4 rings (SSSR count). The van der Waals surface area contributed by atoms with Gasteiger partial charge in [0.2, 0.25) is 11.8 Å². The SMILES string of the molecule is C=CCN(CCC)C(=O)[C@H]1[C@H]2C(=O)N([C@@H](CO)C(C)C)C(C(=O)N(CC=C)c3ccc(Cl)cc3)C23CC(Br)[C@@H]1O3. The number of carbonyl (C=O) groups is 3. The molecular weight excluding hydrogens is 598 g/mol. The topological polar surface area (TPSA) is 90.4 Å². The van der Waals surface area contributed by atoms with Crippen molar-refractivity contribution in [3.8, 4) is 0 Å². The maximum atomic E-state index is 14.6. The van der Waals surface area contributed by atoms with Gasteiger partial charge in [-0.2, -0.15) is 0 Å². The summed E-state index contributed by atoms with van der Waals surface area (Å²) < 4.78 is 6.67. The first-order chi connectivity index (χ1) is 19.1. The fourth-order valence-electron chi connectivity index (χ4n) is 6.75. The summed E-state index contributed by atoms with van der Waals surface area (Å²) in [5.74, 6) is -2.59. The van der Waals surface area contributed by atoms with Gasteiger partial charge in [-0.3, -0.25) is 14.4 Å². The third kappa shape index (κ3) is 5.03. The number of anilines is 1. The number of likely N-dealkylation sites (tertiary alicyclic amines) is 1. The van der Waals surface area contributed by atoms with E-state index >= 15 is 0 Å². The molecule has 1 spiro atoms. The average molecular weight is 637 g/mol. The smallest absolute Gasteiger partial charge is 0.253 e. The molecule has 7 atom stereocenters. The van der Waals surface area contributed by atoms with Crippen LogP contribution in [0, 0.1) is 17.8 Å². The van der Waals surface area contributed by atoms with Crippen LogP contribution in [0.1, 0.15) is 33.6 Å². The van der Waals surface area contributed by atoms with Gasteiger partial charge >= 0.3 is 0 Å². The highest BCUT2D eigenvalue weighted by Gasteiger charge is 2.77. The van der Waals surface area contributed by atoms with E-state index in [1.165, 1.54) is 4.90 Å². The molecule has 3 aliphatic heterocycles. The highest BCUT2D eigenvalue weighted by atomic mass is 79.9. The van der Waals surface area contributed by atoms with Crippen LogP contribution >= 0.6 is 27.5 Å². The van der Waals surface area contributed by atoms with Gasteiger partial charge in [0.05, 0.1) is 30.6 Å². The molecule has 3 saturated heterocycles. The Morgan fingerprint density at radius 2 is 1.88 bits per heavy atom. The predicted molar refractivity (Wildman–Crippen MR) is 159 cm³/mol. The molecule has 1 N–H and O–H groups in total. The van der Waals surface area contributed by atoms with Crippen LogP contribution < -0.4 is 4.90 Å². The predicted octanol–water partition coefficient (Wildman–Crippen LogP) is 4.05. The molecule has 40 heavy (non-hydrogen) atoms. The highest BCUT2D eigenvalue weighted by Crippen LogP contribution is 2.61. The monoisotopic (exact) mass is 635 g/mol. The number of nitrogens with zero attached hydrogens (tertiary/aromatic N) is 3. The number of aliphatic hydroxyl groups excluding tert-OH is 1. The number of benzene rings is 1. The first kappa shape index (κ1) is 30.8. The van der Waals surface area contributed by atoms with Gasteiger partial charge in [-0.1, -0.05) is 60.5 Å². The summed E-state index contributed by atoms with van der Waals surface area (Å²) in [5.41, 5.74) is -0.629. The highest BCUT2D eigenvalue weighted by molar-refractivity contribution is 9.09. The average Bonchev–Trinajstić information content (AvgIpc) is 3.51.